The molecule has 1 fully saturated rings. The van der Waals surface area contributed by atoms with E-state index in [2.05, 4.69) is 38.5 Å². The third-order valence-electron chi connectivity index (χ3n) is 5.07. The van der Waals surface area contributed by atoms with E-state index in [0.717, 1.165) is 36.6 Å². The van der Waals surface area contributed by atoms with E-state index in [-0.39, 0.29) is 23.6 Å². The minimum Gasteiger partial charge on any atom is -0.350 e. The van der Waals surface area contributed by atoms with Crippen molar-refractivity contribution in [2.24, 2.45) is 0 Å². The van der Waals surface area contributed by atoms with Crippen LogP contribution in [0.4, 0.5) is 5.69 Å². The molecule has 144 valence electrons. The molecule has 27 heavy (non-hydrogen) atoms. The number of nitrogens with zero attached hydrogens (tertiary/aromatic N) is 3. The second kappa shape index (κ2) is 8.65. The van der Waals surface area contributed by atoms with Crippen LogP contribution in [0.5, 0.6) is 0 Å². The number of nitro groups is 1. The molecule has 1 amide bonds. The van der Waals surface area contributed by atoms with E-state index < -0.39 is 4.92 Å². The highest BCUT2D eigenvalue weighted by Gasteiger charge is 2.33. The lowest BCUT2D eigenvalue weighted by Crippen LogP contribution is -2.51. The molecule has 0 radical (unpaired) electrons. The summed E-state index contributed by atoms with van der Waals surface area (Å²) in [6.07, 6.45) is 9.00. The van der Waals surface area contributed by atoms with Crippen LogP contribution in [0.15, 0.2) is 41.1 Å². The van der Waals surface area contributed by atoms with Crippen LogP contribution in [0.1, 0.15) is 44.1 Å². The molecule has 8 heteroatoms. The first kappa shape index (κ1) is 19.5. The predicted octanol–water partition coefficient (Wildman–Crippen LogP) is 4.01. The highest BCUT2D eigenvalue weighted by Crippen LogP contribution is 2.32. The molecule has 1 aromatic heterocycles. The number of aryl methyl sites for hydroxylation is 1. The zero-order valence-corrected chi connectivity index (χ0v) is 16.7. The SMILES string of the molecule is O=C(CCn1cc([N+](=O)[O-])cn1)NC1(Cc2ccc(Br)cc2)CCCCC1. The Bertz CT molecular complexity index is 798. The Balaban J connectivity index is 1.61. The predicted molar refractivity (Wildman–Crippen MR) is 105 cm³/mol. The lowest BCUT2D eigenvalue weighted by atomic mass is 9.77. The van der Waals surface area contributed by atoms with Crippen molar-refractivity contribution in [2.75, 3.05) is 0 Å². The summed E-state index contributed by atoms with van der Waals surface area (Å²) in [5.74, 6) is -0.0350. The molecule has 0 atom stereocenters. The lowest BCUT2D eigenvalue weighted by molar-refractivity contribution is -0.385. The fourth-order valence-corrected chi connectivity index (χ4v) is 3.98. The van der Waals surface area contributed by atoms with Gasteiger partial charge in [-0.1, -0.05) is 47.3 Å². The van der Waals surface area contributed by atoms with Crippen molar-refractivity contribution in [3.8, 4) is 0 Å². The summed E-state index contributed by atoms with van der Waals surface area (Å²) in [4.78, 5) is 22.8. The van der Waals surface area contributed by atoms with Crippen molar-refractivity contribution in [1.82, 2.24) is 15.1 Å². The maximum absolute atomic E-state index is 12.6. The molecule has 1 aliphatic carbocycles. The smallest absolute Gasteiger partial charge is 0.306 e. The van der Waals surface area contributed by atoms with Crippen LogP contribution in [-0.2, 0) is 17.8 Å². The molecule has 1 heterocycles. The number of amides is 1. The third-order valence-corrected chi connectivity index (χ3v) is 5.60. The van der Waals surface area contributed by atoms with Crippen LogP contribution in [0.2, 0.25) is 0 Å². The van der Waals surface area contributed by atoms with Gasteiger partial charge in [0.25, 0.3) is 0 Å². The quantitative estimate of drug-likeness (QED) is 0.526. The number of hydrogen-bond acceptors (Lipinski definition) is 4. The first-order valence-corrected chi connectivity index (χ1v) is 9.97. The van der Waals surface area contributed by atoms with Gasteiger partial charge in [-0.15, -0.1) is 0 Å². The van der Waals surface area contributed by atoms with E-state index in [1.165, 1.54) is 29.1 Å². The summed E-state index contributed by atoms with van der Waals surface area (Å²) in [6, 6.07) is 8.24. The van der Waals surface area contributed by atoms with Gasteiger partial charge in [-0.2, -0.15) is 5.10 Å². The Morgan fingerprint density at radius 3 is 2.59 bits per heavy atom. The molecular formula is C19H23BrN4O3. The number of carbonyl (C=O) groups excluding carboxylic acids is 1. The van der Waals surface area contributed by atoms with E-state index in [0.29, 0.717) is 6.54 Å². The molecule has 0 aliphatic heterocycles. The molecule has 2 aromatic rings. The fourth-order valence-electron chi connectivity index (χ4n) is 3.71. The fraction of sp³-hybridized carbons (Fsp3) is 0.474. The molecule has 1 aromatic carbocycles. The Labute approximate surface area is 166 Å². The van der Waals surface area contributed by atoms with Crippen LogP contribution in [-0.4, -0.2) is 26.1 Å². The molecule has 7 nitrogen and oxygen atoms in total. The summed E-state index contributed by atoms with van der Waals surface area (Å²) in [5.41, 5.74) is 0.941. The minimum atomic E-state index is -0.487. The Hall–Kier alpha value is -2.22. The molecule has 0 bridgehead atoms. The number of nitrogens with one attached hydrogen (secondary N) is 1. The van der Waals surface area contributed by atoms with Crippen LogP contribution in [0.3, 0.4) is 0 Å². The number of rotatable bonds is 7. The molecule has 0 saturated heterocycles. The van der Waals surface area contributed by atoms with Crippen LogP contribution < -0.4 is 5.32 Å². The van der Waals surface area contributed by atoms with Gasteiger partial charge in [0.15, 0.2) is 0 Å². The van der Waals surface area contributed by atoms with Gasteiger partial charge in [-0.05, 0) is 37.0 Å². The first-order valence-electron chi connectivity index (χ1n) is 9.18. The van der Waals surface area contributed by atoms with Gasteiger partial charge in [-0.3, -0.25) is 19.6 Å². The van der Waals surface area contributed by atoms with Crippen molar-refractivity contribution in [2.45, 2.75) is 57.0 Å². The van der Waals surface area contributed by atoms with Crippen LogP contribution in [0.25, 0.3) is 0 Å². The van der Waals surface area contributed by atoms with Crippen LogP contribution >= 0.6 is 15.9 Å². The van der Waals surface area contributed by atoms with Gasteiger partial charge in [0.1, 0.15) is 12.4 Å². The Morgan fingerprint density at radius 1 is 1.26 bits per heavy atom. The molecule has 1 saturated carbocycles. The van der Waals surface area contributed by atoms with Gasteiger partial charge in [0.05, 0.1) is 4.92 Å². The van der Waals surface area contributed by atoms with E-state index in [1.807, 2.05) is 12.1 Å². The zero-order chi connectivity index (χ0) is 19.3. The van der Waals surface area contributed by atoms with Gasteiger partial charge < -0.3 is 5.32 Å². The van der Waals surface area contributed by atoms with E-state index in [1.54, 1.807) is 0 Å². The Kier molecular flexibility index (Phi) is 6.26. The van der Waals surface area contributed by atoms with Crippen molar-refractivity contribution in [3.05, 3.63) is 56.8 Å². The molecular weight excluding hydrogens is 412 g/mol. The summed E-state index contributed by atoms with van der Waals surface area (Å²) in [6.45, 7) is 0.327. The van der Waals surface area contributed by atoms with Gasteiger partial charge >= 0.3 is 5.69 Å². The van der Waals surface area contributed by atoms with Gasteiger partial charge in [0.2, 0.25) is 5.91 Å². The molecule has 0 unspecified atom stereocenters. The number of aromatic nitrogens is 2. The minimum absolute atomic E-state index is 0.0350. The molecule has 1 aliphatic rings. The lowest BCUT2D eigenvalue weighted by Gasteiger charge is -2.38. The van der Waals surface area contributed by atoms with Crippen LogP contribution in [0, 0.1) is 10.1 Å². The van der Waals surface area contributed by atoms with Gasteiger partial charge in [0, 0.05) is 23.0 Å². The summed E-state index contributed by atoms with van der Waals surface area (Å²) in [5, 5.41) is 17.9. The maximum Gasteiger partial charge on any atom is 0.306 e. The molecule has 0 spiro atoms. The number of halogens is 1. The summed E-state index contributed by atoms with van der Waals surface area (Å²) < 4.78 is 2.49. The highest BCUT2D eigenvalue weighted by atomic mass is 79.9. The van der Waals surface area contributed by atoms with E-state index in [9.17, 15) is 14.9 Å². The van der Waals surface area contributed by atoms with Crippen molar-refractivity contribution in [3.63, 3.8) is 0 Å². The average Bonchev–Trinajstić information content (AvgIpc) is 3.12. The number of hydrogen-bond donors (Lipinski definition) is 1. The normalized spacial score (nSPS) is 16.0. The average molecular weight is 435 g/mol. The first-order chi connectivity index (χ1) is 13.0. The summed E-state index contributed by atoms with van der Waals surface area (Å²) in [7, 11) is 0. The second-order valence-corrected chi connectivity index (χ2v) is 8.08. The standard InChI is InChI=1S/C19H23BrN4O3/c20-16-6-4-15(5-7-16)12-19(9-2-1-3-10-19)22-18(25)8-11-23-14-17(13-21-23)24(26)27/h4-7,13-14H,1-3,8-12H2,(H,22,25). The summed E-state index contributed by atoms with van der Waals surface area (Å²) >= 11 is 3.46. The van der Waals surface area contributed by atoms with Crippen molar-refractivity contribution >= 4 is 27.5 Å². The number of benzene rings is 1. The topological polar surface area (TPSA) is 90.1 Å². The molecule has 3 rings (SSSR count). The Morgan fingerprint density at radius 2 is 1.96 bits per heavy atom. The van der Waals surface area contributed by atoms with Crippen molar-refractivity contribution in [1.29, 1.82) is 0 Å². The number of carbonyl (C=O) groups is 1. The zero-order valence-electron chi connectivity index (χ0n) is 15.1. The third kappa shape index (κ3) is 5.38. The largest absolute Gasteiger partial charge is 0.350 e. The molecule has 1 N–H and O–H groups in total. The maximum atomic E-state index is 12.6. The highest BCUT2D eigenvalue weighted by molar-refractivity contribution is 9.10. The monoisotopic (exact) mass is 434 g/mol. The van der Waals surface area contributed by atoms with Gasteiger partial charge in [-0.25, -0.2) is 0 Å². The second-order valence-electron chi connectivity index (χ2n) is 7.16. The van der Waals surface area contributed by atoms with Crippen molar-refractivity contribution < 1.29 is 9.72 Å². The van der Waals surface area contributed by atoms with E-state index in [4.69, 9.17) is 0 Å². The van der Waals surface area contributed by atoms with E-state index >= 15 is 0 Å².